The first-order chi connectivity index (χ1) is 13.2. The Kier molecular flexibility index (Phi) is 9.90. The molecule has 2 heterocycles. The van der Waals surface area contributed by atoms with Crippen LogP contribution >= 0.6 is 15.7 Å². The molecule has 12 heteroatoms. The van der Waals surface area contributed by atoms with Crippen molar-refractivity contribution in [2.75, 3.05) is 80.5 Å². The van der Waals surface area contributed by atoms with Crippen LogP contribution in [0.4, 0.5) is 0 Å². The summed E-state index contributed by atoms with van der Waals surface area (Å²) in [5.41, 5.74) is 0. The van der Waals surface area contributed by atoms with E-state index < -0.39 is 15.7 Å². The molecule has 0 saturated carbocycles. The molecule has 0 aromatic rings. The molecule has 0 bridgehead atoms. The number of nitrogens with zero attached hydrogens (tertiary/aromatic N) is 3. The second-order valence-electron chi connectivity index (χ2n) is 7.60. The highest BCUT2D eigenvalue weighted by Gasteiger charge is 2.36. The van der Waals surface area contributed by atoms with Crippen LogP contribution < -0.4 is 5.32 Å². The second-order valence-corrected chi connectivity index (χ2v) is 11.8. The fraction of sp³-hybridized carbons (Fsp3) is 1.00. The summed E-state index contributed by atoms with van der Waals surface area (Å²) in [5, 5.41) is 3.25. The molecule has 1 N–H and O–H groups in total. The van der Waals surface area contributed by atoms with Crippen molar-refractivity contribution < 1.29 is 27.7 Å². The van der Waals surface area contributed by atoms with Gasteiger partial charge < -0.3 is 19.3 Å². The summed E-state index contributed by atoms with van der Waals surface area (Å²) in [7, 11) is 2.03. The fourth-order valence-corrected chi connectivity index (χ4v) is 5.30. The van der Waals surface area contributed by atoms with E-state index in [2.05, 4.69) is 10.2 Å². The molecule has 0 radical (unpaired) electrons. The van der Waals surface area contributed by atoms with Gasteiger partial charge in [0.1, 0.15) is 6.61 Å². The third kappa shape index (κ3) is 7.69. The Hall–Kier alpha value is 0.01000. The number of hydrogen-bond acceptors (Lipinski definition) is 8. The standard InChI is InChI=1S/C16H35N4O6P2/c1-14-9-20(10-16(26-14)11-24-27(21)18(2)3)13-28(22,19(4)5)25-12-15-8-17-6-7-23-15/h14-17H,6-13H2,1-5H3/q+1/t14-,15-,16-,28?/m0/s1. The molecular weight excluding hydrogens is 406 g/mol. The molecule has 2 unspecified atom stereocenters. The maximum Gasteiger partial charge on any atom is 0.615 e. The lowest BCUT2D eigenvalue weighted by Gasteiger charge is -2.38. The average molecular weight is 441 g/mol. The van der Waals surface area contributed by atoms with E-state index in [9.17, 15) is 9.13 Å². The topological polar surface area (TPSA) is 92.8 Å². The van der Waals surface area contributed by atoms with Crippen molar-refractivity contribution in [3.8, 4) is 0 Å². The predicted molar refractivity (Wildman–Crippen MR) is 108 cm³/mol. The fourth-order valence-electron chi connectivity index (χ4n) is 3.07. The van der Waals surface area contributed by atoms with Crippen molar-refractivity contribution in [2.45, 2.75) is 25.2 Å². The zero-order valence-electron chi connectivity index (χ0n) is 17.6. The quantitative estimate of drug-likeness (QED) is 0.496. The monoisotopic (exact) mass is 441 g/mol. The molecule has 2 aliphatic heterocycles. The lowest BCUT2D eigenvalue weighted by atomic mass is 10.2. The van der Waals surface area contributed by atoms with E-state index in [-0.39, 0.29) is 31.5 Å². The maximum absolute atomic E-state index is 13.5. The largest absolute Gasteiger partial charge is 0.615 e. The molecule has 164 valence electrons. The normalized spacial score (nSPS) is 29.8. The number of nitrogens with one attached hydrogen (secondary N) is 1. The van der Waals surface area contributed by atoms with Gasteiger partial charge in [-0.1, -0.05) is 4.67 Å². The Morgan fingerprint density at radius 1 is 1.21 bits per heavy atom. The number of rotatable bonds is 10. The minimum Gasteiger partial charge on any atom is -0.373 e. The van der Waals surface area contributed by atoms with Crippen molar-refractivity contribution in [1.29, 1.82) is 0 Å². The Balaban J connectivity index is 1.90. The molecule has 2 saturated heterocycles. The van der Waals surface area contributed by atoms with Crippen molar-refractivity contribution in [1.82, 2.24) is 19.6 Å². The molecule has 0 aromatic heterocycles. The zero-order chi connectivity index (χ0) is 20.7. The summed E-state index contributed by atoms with van der Waals surface area (Å²) >= 11 is 0. The summed E-state index contributed by atoms with van der Waals surface area (Å²) in [4.78, 5) is 2.08. The van der Waals surface area contributed by atoms with E-state index in [0.717, 1.165) is 6.54 Å². The third-order valence-corrected chi connectivity index (χ3v) is 8.11. The van der Waals surface area contributed by atoms with Gasteiger partial charge in [0, 0.05) is 40.3 Å². The lowest BCUT2D eigenvalue weighted by molar-refractivity contribution is -0.0877. The summed E-state index contributed by atoms with van der Waals surface area (Å²) in [6.07, 6.45) is -0.0659. The summed E-state index contributed by atoms with van der Waals surface area (Å²) in [5.74, 6) is 0. The van der Waals surface area contributed by atoms with Crippen LogP contribution in [0.15, 0.2) is 0 Å². The minimum atomic E-state index is -3.04. The Labute approximate surface area is 169 Å². The van der Waals surface area contributed by atoms with Crippen LogP contribution in [-0.2, 0) is 27.7 Å². The van der Waals surface area contributed by atoms with Crippen LogP contribution in [0.1, 0.15) is 6.92 Å². The molecular formula is C16H35N4O6P2+. The average Bonchev–Trinajstić information content (AvgIpc) is 2.64. The molecule has 2 fully saturated rings. The van der Waals surface area contributed by atoms with E-state index in [4.69, 9.17) is 18.5 Å². The van der Waals surface area contributed by atoms with Crippen molar-refractivity contribution in [3.63, 3.8) is 0 Å². The van der Waals surface area contributed by atoms with Crippen LogP contribution in [0.5, 0.6) is 0 Å². The van der Waals surface area contributed by atoms with Crippen molar-refractivity contribution in [2.24, 2.45) is 0 Å². The van der Waals surface area contributed by atoms with Crippen LogP contribution in [0, 0.1) is 0 Å². The van der Waals surface area contributed by atoms with Gasteiger partial charge in [0.15, 0.2) is 0 Å². The van der Waals surface area contributed by atoms with Crippen LogP contribution in [0.25, 0.3) is 0 Å². The first-order valence-electron chi connectivity index (χ1n) is 9.58. The first kappa shape index (κ1) is 24.3. The number of morpholine rings is 2. The first-order valence-corrected chi connectivity index (χ1v) is 12.5. The zero-order valence-corrected chi connectivity index (χ0v) is 19.4. The van der Waals surface area contributed by atoms with E-state index in [0.29, 0.717) is 32.5 Å². The molecule has 0 aromatic carbocycles. The van der Waals surface area contributed by atoms with E-state index in [1.165, 1.54) is 4.67 Å². The van der Waals surface area contributed by atoms with Gasteiger partial charge in [0.25, 0.3) is 7.52 Å². The van der Waals surface area contributed by atoms with Gasteiger partial charge >= 0.3 is 8.18 Å². The summed E-state index contributed by atoms with van der Waals surface area (Å²) in [6, 6.07) is 0. The number of ether oxygens (including phenoxy) is 2. The molecule has 2 rings (SSSR count). The second kappa shape index (κ2) is 11.4. The lowest BCUT2D eigenvalue weighted by Crippen LogP contribution is -2.49. The summed E-state index contributed by atoms with van der Waals surface area (Å²) < 4.78 is 51.2. The predicted octanol–water partition coefficient (Wildman–Crippen LogP) is 1.03. The van der Waals surface area contributed by atoms with Gasteiger partial charge in [-0.05, 0) is 25.6 Å². The van der Waals surface area contributed by atoms with Gasteiger partial charge in [-0.3, -0.25) is 9.46 Å². The summed E-state index contributed by atoms with van der Waals surface area (Å²) in [6.45, 7) is 5.85. The van der Waals surface area contributed by atoms with E-state index >= 15 is 0 Å². The van der Waals surface area contributed by atoms with Crippen LogP contribution in [0.2, 0.25) is 0 Å². The molecule has 2 aliphatic rings. The van der Waals surface area contributed by atoms with Gasteiger partial charge in [0.05, 0.1) is 37.8 Å². The Morgan fingerprint density at radius 3 is 2.57 bits per heavy atom. The van der Waals surface area contributed by atoms with E-state index in [1.54, 1.807) is 32.9 Å². The van der Waals surface area contributed by atoms with Gasteiger partial charge in [-0.2, -0.15) is 0 Å². The Bertz CT molecular complexity index is 547. The highest BCUT2D eigenvalue weighted by atomic mass is 31.2. The molecule has 10 nitrogen and oxygen atoms in total. The Morgan fingerprint density at radius 2 is 1.96 bits per heavy atom. The van der Waals surface area contributed by atoms with E-state index in [1.807, 2.05) is 6.92 Å². The number of hydrogen-bond donors (Lipinski definition) is 1. The SMILES string of the molecule is C[C@H]1CN(CP(=O)(OC[C@@H]2CNCCO2)N(C)C)C[C@@H](CO[P+](=O)N(C)C)O1. The van der Waals surface area contributed by atoms with Crippen LogP contribution in [-0.4, -0.2) is 113 Å². The third-order valence-electron chi connectivity index (χ3n) is 4.55. The highest BCUT2D eigenvalue weighted by molar-refractivity contribution is 7.56. The minimum absolute atomic E-state index is 0.0407. The highest BCUT2D eigenvalue weighted by Crippen LogP contribution is 2.49. The smallest absolute Gasteiger partial charge is 0.373 e. The van der Waals surface area contributed by atoms with Gasteiger partial charge in [0.2, 0.25) is 0 Å². The molecule has 0 aliphatic carbocycles. The molecule has 5 atom stereocenters. The van der Waals surface area contributed by atoms with Gasteiger partial charge in [-0.15, -0.1) is 4.52 Å². The van der Waals surface area contributed by atoms with Gasteiger partial charge in [-0.25, -0.2) is 4.67 Å². The molecule has 28 heavy (non-hydrogen) atoms. The molecule has 0 spiro atoms. The van der Waals surface area contributed by atoms with Crippen molar-refractivity contribution >= 4 is 15.7 Å². The van der Waals surface area contributed by atoms with Crippen LogP contribution in [0.3, 0.4) is 0 Å². The maximum atomic E-state index is 13.5. The molecule has 0 amide bonds. The van der Waals surface area contributed by atoms with Crippen molar-refractivity contribution in [3.05, 3.63) is 0 Å².